The lowest BCUT2D eigenvalue weighted by Gasteiger charge is -2.12. The molecular weight excluding hydrogens is 246 g/mol. The summed E-state index contributed by atoms with van der Waals surface area (Å²) in [5.41, 5.74) is 6.13. The van der Waals surface area contributed by atoms with Gasteiger partial charge in [0.25, 0.3) is 0 Å². The van der Waals surface area contributed by atoms with Crippen molar-refractivity contribution >= 4 is 5.69 Å². The summed E-state index contributed by atoms with van der Waals surface area (Å²) < 4.78 is 5.84. The van der Waals surface area contributed by atoms with E-state index in [1.807, 2.05) is 0 Å². The number of hydrogen-bond acceptors (Lipinski definition) is 2. The molecule has 0 saturated carbocycles. The average Bonchev–Trinajstić information content (AvgIpc) is 2.37. The third-order valence-electron chi connectivity index (χ3n) is 3.25. The van der Waals surface area contributed by atoms with Crippen molar-refractivity contribution in [3.8, 4) is 5.75 Å². The Kier molecular flexibility index (Phi) is 4.67. The fourth-order valence-corrected chi connectivity index (χ4v) is 2.30. The van der Waals surface area contributed by atoms with E-state index in [0.29, 0.717) is 6.61 Å². The minimum atomic E-state index is 0.664. The highest BCUT2D eigenvalue weighted by Gasteiger charge is 2.00. The van der Waals surface area contributed by atoms with Crippen LogP contribution in [-0.4, -0.2) is 13.2 Å². The number of rotatable bonds is 5. The van der Waals surface area contributed by atoms with Crippen LogP contribution in [0.2, 0.25) is 0 Å². The summed E-state index contributed by atoms with van der Waals surface area (Å²) >= 11 is 0. The van der Waals surface area contributed by atoms with E-state index >= 15 is 0 Å². The molecule has 106 valence electrons. The molecule has 0 aromatic heterocycles. The number of anilines is 1. The highest BCUT2D eigenvalue weighted by molar-refractivity contribution is 5.48. The predicted octanol–water partition coefficient (Wildman–Crippen LogP) is 4.41. The van der Waals surface area contributed by atoms with Crippen LogP contribution in [0.1, 0.15) is 22.3 Å². The van der Waals surface area contributed by atoms with Crippen LogP contribution in [0.15, 0.2) is 36.4 Å². The Morgan fingerprint density at radius 1 is 0.850 bits per heavy atom. The monoisotopic (exact) mass is 269 g/mol. The van der Waals surface area contributed by atoms with Crippen LogP contribution in [0.3, 0.4) is 0 Å². The summed E-state index contributed by atoms with van der Waals surface area (Å²) in [5, 5.41) is 3.41. The molecular formula is C18H23NO. The Balaban J connectivity index is 1.86. The van der Waals surface area contributed by atoms with Crippen LogP contribution in [0.5, 0.6) is 5.75 Å². The first kappa shape index (κ1) is 14.4. The first-order valence-corrected chi connectivity index (χ1v) is 7.07. The second kappa shape index (κ2) is 6.47. The Morgan fingerprint density at radius 2 is 1.55 bits per heavy atom. The summed E-state index contributed by atoms with van der Waals surface area (Å²) in [6, 6.07) is 12.8. The smallest absolute Gasteiger partial charge is 0.122 e. The summed E-state index contributed by atoms with van der Waals surface area (Å²) in [4.78, 5) is 0. The fraction of sp³-hybridized carbons (Fsp3) is 0.333. The maximum atomic E-state index is 5.84. The normalized spacial score (nSPS) is 10.4. The van der Waals surface area contributed by atoms with E-state index in [1.54, 1.807) is 0 Å². The molecule has 0 fully saturated rings. The molecule has 1 N–H and O–H groups in total. The highest BCUT2D eigenvalue weighted by atomic mass is 16.5. The SMILES string of the molecule is Cc1cc(C)cc(NCCOc2cc(C)ccc2C)c1. The molecule has 0 unspecified atom stereocenters. The Bertz CT molecular complexity index is 570. The first-order valence-electron chi connectivity index (χ1n) is 7.07. The molecule has 2 heteroatoms. The number of nitrogens with one attached hydrogen (secondary N) is 1. The number of ether oxygens (including phenoxy) is 1. The van der Waals surface area contributed by atoms with Crippen molar-refractivity contribution in [1.82, 2.24) is 0 Å². The van der Waals surface area contributed by atoms with Gasteiger partial charge in [-0.1, -0.05) is 18.2 Å². The zero-order valence-corrected chi connectivity index (χ0v) is 12.8. The van der Waals surface area contributed by atoms with Crippen molar-refractivity contribution in [1.29, 1.82) is 0 Å². The standard InChI is InChI=1S/C18H23NO/c1-13-5-6-16(4)18(12-13)20-8-7-19-17-10-14(2)9-15(3)11-17/h5-6,9-12,19H,7-8H2,1-4H3. The second-order valence-electron chi connectivity index (χ2n) is 5.42. The van der Waals surface area contributed by atoms with Gasteiger partial charge < -0.3 is 10.1 Å². The van der Waals surface area contributed by atoms with Crippen LogP contribution in [0, 0.1) is 27.7 Å². The minimum absolute atomic E-state index is 0.664. The van der Waals surface area contributed by atoms with Crippen molar-refractivity contribution in [2.75, 3.05) is 18.5 Å². The van der Waals surface area contributed by atoms with Gasteiger partial charge in [0, 0.05) is 12.2 Å². The molecule has 0 atom stereocenters. The lowest BCUT2D eigenvalue weighted by molar-refractivity contribution is 0.330. The molecule has 0 bridgehead atoms. The quantitative estimate of drug-likeness (QED) is 0.812. The summed E-state index contributed by atoms with van der Waals surface area (Å²) in [6.07, 6.45) is 0. The number of benzene rings is 2. The summed E-state index contributed by atoms with van der Waals surface area (Å²) in [5.74, 6) is 0.979. The Hall–Kier alpha value is -1.96. The molecule has 0 heterocycles. The lowest BCUT2D eigenvalue weighted by atomic mass is 10.1. The molecule has 2 rings (SSSR count). The van der Waals surface area contributed by atoms with E-state index in [4.69, 9.17) is 4.74 Å². The van der Waals surface area contributed by atoms with Crippen molar-refractivity contribution < 1.29 is 4.74 Å². The largest absolute Gasteiger partial charge is 0.491 e. The van der Waals surface area contributed by atoms with Crippen molar-refractivity contribution in [2.45, 2.75) is 27.7 Å². The van der Waals surface area contributed by atoms with E-state index < -0.39 is 0 Å². The lowest BCUT2D eigenvalue weighted by Crippen LogP contribution is -2.12. The van der Waals surface area contributed by atoms with Gasteiger partial charge in [-0.2, -0.15) is 0 Å². The summed E-state index contributed by atoms with van der Waals surface area (Å²) in [7, 11) is 0. The van der Waals surface area contributed by atoms with E-state index in [9.17, 15) is 0 Å². The first-order chi connectivity index (χ1) is 9.54. The number of hydrogen-bond donors (Lipinski definition) is 1. The Morgan fingerprint density at radius 3 is 2.25 bits per heavy atom. The van der Waals surface area contributed by atoms with Gasteiger partial charge in [0.1, 0.15) is 12.4 Å². The predicted molar refractivity (Wildman–Crippen MR) is 85.8 cm³/mol. The molecule has 0 spiro atoms. The molecule has 0 amide bonds. The molecule has 2 aromatic carbocycles. The van der Waals surface area contributed by atoms with Crippen molar-refractivity contribution in [2.24, 2.45) is 0 Å². The van der Waals surface area contributed by atoms with Crippen LogP contribution >= 0.6 is 0 Å². The van der Waals surface area contributed by atoms with Crippen LogP contribution in [0.25, 0.3) is 0 Å². The molecule has 0 saturated heterocycles. The number of aryl methyl sites for hydroxylation is 4. The van der Waals surface area contributed by atoms with Crippen molar-refractivity contribution in [3.05, 3.63) is 58.7 Å². The average molecular weight is 269 g/mol. The maximum Gasteiger partial charge on any atom is 0.122 e. The zero-order valence-electron chi connectivity index (χ0n) is 12.8. The van der Waals surface area contributed by atoms with Gasteiger partial charge in [0.05, 0.1) is 0 Å². The zero-order chi connectivity index (χ0) is 14.5. The van der Waals surface area contributed by atoms with Gasteiger partial charge in [0.2, 0.25) is 0 Å². The van der Waals surface area contributed by atoms with Gasteiger partial charge in [-0.15, -0.1) is 0 Å². The van der Waals surface area contributed by atoms with Crippen molar-refractivity contribution in [3.63, 3.8) is 0 Å². The van der Waals surface area contributed by atoms with Crippen LogP contribution in [-0.2, 0) is 0 Å². The molecule has 0 aliphatic rings. The van der Waals surface area contributed by atoms with Gasteiger partial charge in [0.15, 0.2) is 0 Å². The second-order valence-corrected chi connectivity index (χ2v) is 5.42. The van der Waals surface area contributed by atoms with Crippen LogP contribution < -0.4 is 10.1 Å². The van der Waals surface area contributed by atoms with E-state index in [-0.39, 0.29) is 0 Å². The fourth-order valence-electron chi connectivity index (χ4n) is 2.30. The van der Waals surface area contributed by atoms with Gasteiger partial charge in [-0.05, 0) is 68.1 Å². The molecule has 0 aliphatic heterocycles. The summed E-state index contributed by atoms with van der Waals surface area (Å²) in [6.45, 7) is 9.86. The molecule has 0 radical (unpaired) electrons. The molecule has 0 aliphatic carbocycles. The minimum Gasteiger partial charge on any atom is -0.491 e. The van der Waals surface area contributed by atoms with E-state index in [0.717, 1.165) is 18.0 Å². The topological polar surface area (TPSA) is 21.3 Å². The third kappa shape index (κ3) is 4.02. The molecule has 2 nitrogen and oxygen atoms in total. The third-order valence-corrected chi connectivity index (χ3v) is 3.25. The van der Waals surface area contributed by atoms with Crippen LogP contribution in [0.4, 0.5) is 5.69 Å². The molecule has 20 heavy (non-hydrogen) atoms. The maximum absolute atomic E-state index is 5.84. The van der Waals surface area contributed by atoms with Gasteiger partial charge in [-0.25, -0.2) is 0 Å². The van der Waals surface area contributed by atoms with E-state index in [1.165, 1.54) is 22.3 Å². The molecule has 2 aromatic rings. The highest BCUT2D eigenvalue weighted by Crippen LogP contribution is 2.19. The Labute approximate surface area is 121 Å². The van der Waals surface area contributed by atoms with E-state index in [2.05, 4.69) is 69.4 Å². The van der Waals surface area contributed by atoms with Gasteiger partial charge in [-0.3, -0.25) is 0 Å². The van der Waals surface area contributed by atoms with Gasteiger partial charge >= 0.3 is 0 Å².